The summed E-state index contributed by atoms with van der Waals surface area (Å²) in [6.45, 7) is 4.28. The predicted octanol–water partition coefficient (Wildman–Crippen LogP) is 4.20. The summed E-state index contributed by atoms with van der Waals surface area (Å²) < 4.78 is 0. The second-order valence-electron chi connectivity index (χ2n) is 7.68. The van der Waals surface area contributed by atoms with Gasteiger partial charge in [-0.2, -0.15) is 0 Å². The Labute approximate surface area is 143 Å². The Morgan fingerprint density at radius 1 is 0.958 bits per heavy atom. The van der Waals surface area contributed by atoms with Crippen LogP contribution in [0.5, 0.6) is 0 Å². The number of hydrogen-bond donors (Lipinski definition) is 0. The molecule has 128 valence electrons. The highest BCUT2D eigenvalue weighted by Gasteiger charge is 2.43. The molecule has 0 bridgehead atoms. The average molecular weight is 326 g/mol. The Kier molecular flexibility index (Phi) is 4.98. The van der Waals surface area contributed by atoms with E-state index < -0.39 is 5.92 Å². The van der Waals surface area contributed by atoms with E-state index in [1.54, 1.807) is 0 Å². The van der Waals surface area contributed by atoms with E-state index >= 15 is 0 Å². The van der Waals surface area contributed by atoms with Crippen LogP contribution < -0.4 is 0 Å². The van der Waals surface area contributed by atoms with Crippen LogP contribution in [-0.4, -0.2) is 17.3 Å². The Balaban J connectivity index is 1.71. The molecular weight excluding hydrogens is 300 g/mol. The number of rotatable bonds is 4. The SMILES string of the molecule is CC(C)c1ccc(C2CC(=O)C(C(=O)C3CCCC3)C(=O)C2)cc1. The molecular formula is C21H26O3. The van der Waals surface area contributed by atoms with Gasteiger partial charge >= 0.3 is 0 Å². The van der Waals surface area contributed by atoms with Crippen molar-refractivity contribution in [2.75, 3.05) is 0 Å². The van der Waals surface area contributed by atoms with Gasteiger partial charge in [-0.25, -0.2) is 0 Å². The fourth-order valence-electron chi connectivity index (χ4n) is 4.13. The summed E-state index contributed by atoms with van der Waals surface area (Å²) in [5, 5.41) is 0. The monoisotopic (exact) mass is 326 g/mol. The molecule has 3 rings (SSSR count). The van der Waals surface area contributed by atoms with E-state index in [4.69, 9.17) is 0 Å². The van der Waals surface area contributed by atoms with E-state index in [2.05, 4.69) is 26.0 Å². The molecule has 3 nitrogen and oxygen atoms in total. The van der Waals surface area contributed by atoms with Crippen LogP contribution >= 0.6 is 0 Å². The van der Waals surface area contributed by atoms with Gasteiger partial charge in [0.15, 0.2) is 17.3 Å². The van der Waals surface area contributed by atoms with E-state index in [1.165, 1.54) is 5.56 Å². The van der Waals surface area contributed by atoms with Crippen molar-refractivity contribution < 1.29 is 14.4 Å². The van der Waals surface area contributed by atoms with Crippen LogP contribution in [-0.2, 0) is 14.4 Å². The van der Waals surface area contributed by atoms with Crippen LogP contribution in [0.25, 0.3) is 0 Å². The number of hydrogen-bond acceptors (Lipinski definition) is 3. The number of carbonyl (C=O) groups is 3. The smallest absolute Gasteiger partial charge is 0.153 e. The van der Waals surface area contributed by atoms with Crippen molar-refractivity contribution in [3.8, 4) is 0 Å². The minimum Gasteiger partial charge on any atom is -0.298 e. The molecule has 2 aliphatic rings. The van der Waals surface area contributed by atoms with Gasteiger partial charge in [-0.05, 0) is 35.8 Å². The molecule has 1 aromatic rings. The standard InChI is InChI=1S/C21H26O3/c1-13(2)14-7-9-15(10-8-14)17-11-18(22)20(19(23)12-17)21(24)16-5-3-4-6-16/h7-10,13,16-17,20H,3-6,11-12H2,1-2H3. The Morgan fingerprint density at radius 2 is 1.50 bits per heavy atom. The van der Waals surface area contributed by atoms with E-state index in [-0.39, 0.29) is 29.2 Å². The molecule has 0 spiro atoms. The summed E-state index contributed by atoms with van der Waals surface area (Å²) in [5.41, 5.74) is 2.29. The summed E-state index contributed by atoms with van der Waals surface area (Å²) in [6.07, 6.45) is 4.39. The van der Waals surface area contributed by atoms with Gasteiger partial charge in [0.1, 0.15) is 5.92 Å². The van der Waals surface area contributed by atoms with Gasteiger partial charge in [-0.1, -0.05) is 51.0 Å². The lowest BCUT2D eigenvalue weighted by Crippen LogP contribution is -2.40. The minimum atomic E-state index is -0.973. The fraction of sp³-hybridized carbons (Fsp3) is 0.571. The van der Waals surface area contributed by atoms with Crippen molar-refractivity contribution in [2.24, 2.45) is 11.8 Å². The Morgan fingerprint density at radius 3 is 2.00 bits per heavy atom. The largest absolute Gasteiger partial charge is 0.298 e. The molecule has 0 atom stereocenters. The van der Waals surface area contributed by atoms with Crippen molar-refractivity contribution in [3.05, 3.63) is 35.4 Å². The van der Waals surface area contributed by atoms with Crippen molar-refractivity contribution in [3.63, 3.8) is 0 Å². The van der Waals surface area contributed by atoms with Crippen LogP contribution in [0.4, 0.5) is 0 Å². The summed E-state index contributed by atoms with van der Waals surface area (Å²) in [4.78, 5) is 37.6. The summed E-state index contributed by atoms with van der Waals surface area (Å²) in [7, 11) is 0. The van der Waals surface area contributed by atoms with Crippen LogP contribution in [0.15, 0.2) is 24.3 Å². The van der Waals surface area contributed by atoms with Crippen molar-refractivity contribution in [2.45, 2.75) is 64.2 Å². The third-order valence-corrected chi connectivity index (χ3v) is 5.66. The zero-order valence-corrected chi connectivity index (χ0v) is 14.6. The predicted molar refractivity (Wildman–Crippen MR) is 93.0 cm³/mol. The summed E-state index contributed by atoms with van der Waals surface area (Å²) in [6, 6.07) is 8.20. The second-order valence-corrected chi connectivity index (χ2v) is 7.68. The van der Waals surface area contributed by atoms with Gasteiger partial charge in [-0.3, -0.25) is 14.4 Å². The molecule has 3 heteroatoms. The average Bonchev–Trinajstić information content (AvgIpc) is 3.08. The lowest BCUT2D eigenvalue weighted by Gasteiger charge is -2.27. The number of carbonyl (C=O) groups excluding carboxylic acids is 3. The van der Waals surface area contributed by atoms with Crippen LogP contribution in [0.1, 0.15) is 75.3 Å². The first kappa shape index (κ1) is 17.1. The third-order valence-electron chi connectivity index (χ3n) is 5.66. The molecule has 0 heterocycles. The van der Waals surface area contributed by atoms with Gasteiger partial charge in [0, 0.05) is 18.8 Å². The summed E-state index contributed by atoms with van der Waals surface area (Å²) >= 11 is 0. The van der Waals surface area contributed by atoms with Crippen LogP contribution in [0, 0.1) is 11.8 Å². The highest BCUT2D eigenvalue weighted by molar-refractivity contribution is 6.21. The highest BCUT2D eigenvalue weighted by Crippen LogP contribution is 2.36. The molecule has 24 heavy (non-hydrogen) atoms. The molecule has 0 unspecified atom stereocenters. The maximum absolute atomic E-state index is 12.5. The third kappa shape index (κ3) is 3.35. The Hall–Kier alpha value is -1.77. The van der Waals surface area contributed by atoms with Crippen molar-refractivity contribution in [1.29, 1.82) is 0 Å². The van der Waals surface area contributed by atoms with Gasteiger partial charge in [-0.15, -0.1) is 0 Å². The molecule has 0 aromatic heterocycles. The van der Waals surface area contributed by atoms with E-state index in [0.717, 1.165) is 31.2 Å². The lowest BCUT2D eigenvalue weighted by atomic mass is 9.73. The fourth-order valence-corrected chi connectivity index (χ4v) is 4.13. The van der Waals surface area contributed by atoms with Gasteiger partial charge < -0.3 is 0 Å². The zero-order chi connectivity index (χ0) is 17.3. The molecule has 2 saturated carbocycles. The minimum absolute atomic E-state index is 0.0650. The molecule has 2 aliphatic carbocycles. The number of Topliss-reactive ketones (excluding diaryl/α,β-unsaturated/α-hetero) is 3. The first-order valence-corrected chi connectivity index (χ1v) is 9.16. The van der Waals surface area contributed by atoms with Crippen LogP contribution in [0.2, 0.25) is 0 Å². The van der Waals surface area contributed by atoms with Gasteiger partial charge in [0.25, 0.3) is 0 Å². The number of ketones is 3. The van der Waals surface area contributed by atoms with Crippen molar-refractivity contribution >= 4 is 17.3 Å². The molecule has 0 radical (unpaired) electrons. The molecule has 0 amide bonds. The highest BCUT2D eigenvalue weighted by atomic mass is 16.2. The molecule has 0 aliphatic heterocycles. The molecule has 0 N–H and O–H groups in total. The van der Waals surface area contributed by atoms with E-state index in [9.17, 15) is 14.4 Å². The first-order valence-electron chi connectivity index (χ1n) is 9.16. The van der Waals surface area contributed by atoms with Crippen LogP contribution in [0.3, 0.4) is 0 Å². The molecule has 2 fully saturated rings. The van der Waals surface area contributed by atoms with Gasteiger partial charge in [0.05, 0.1) is 0 Å². The quantitative estimate of drug-likeness (QED) is 0.779. The lowest BCUT2D eigenvalue weighted by molar-refractivity contribution is -0.144. The van der Waals surface area contributed by atoms with E-state index in [0.29, 0.717) is 18.8 Å². The summed E-state index contributed by atoms with van der Waals surface area (Å²) in [5.74, 6) is -1.08. The van der Waals surface area contributed by atoms with Gasteiger partial charge in [0.2, 0.25) is 0 Å². The zero-order valence-electron chi connectivity index (χ0n) is 14.6. The maximum Gasteiger partial charge on any atom is 0.153 e. The second kappa shape index (κ2) is 7.00. The Bertz CT molecular complexity index is 618. The topological polar surface area (TPSA) is 51.2 Å². The molecule has 1 aromatic carbocycles. The van der Waals surface area contributed by atoms with E-state index in [1.807, 2.05) is 12.1 Å². The normalized spacial score (nSPS) is 25.5. The number of benzene rings is 1. The first-order chi connectivity index (χ1) is 11.5. The van der Waals surface area contributed by atoms with Crippen molar-refractivity contribution in [1.82, 2.24) is 0 Å². The maximum atomic E-state index is 12.5. The molecule has 0 saturated heterocycles.